The molecule has 1 aromatic heterocycles. The van der Waals surface area contributed by atoms with Crippen LogP contribution < -0.4 is 5.32 Å². The lowest BCUT2D eigenvalue weighted by Gasteiger charge is -2.23. The average molecular weight is 302 g/mol. The van der Waals surface area contributed by atoms with Gasteiger partial charge in [-0.1, -0.05) is 6.92 Å². The maximum Gasteiger partial charge on any atom is 0.166 e. The minimum Gasteiger partial charge on any atom is -0.366 e. The number of likely N-dealkylation sites (tertiary alicyclic amines) is 1. The minimum atomic E-state index is -0.305. The van der Waals surface area contributed by atoms with E-state index in [1.54, 1.807) is 6.20 Å². The molecule has 1 saturated heterocycles. The first-order chi connectivity index (χ1) is 8.20. The van der Waals surface area contributed by atoms with E-state index in [9.17, 15) is 4.39 Å². The van der Waals surface area contributed by atoms with E-state index >= 15 is 0 Å². The quantitative estimate of drug-likeness (QED) is 0.927. The molecule has 1 atom stereocenters. The Hall–Kier alpha value is -0.680. The van der Waals surface area contributed by atoms with E-state index in [-0.39, 0.29) is 5.82 Å². The highest BCUT2D eigenvalue weighted by Gasteiger charge is 2.22. The largest absolute Gasteiger partial charge is 0.366 e. The van der Waals surface area contributed by atoms with Crippen molar-refractivity contribution in [1.82, 2.24) is 9.88 Å². The summed E-state index contributed by atoms with van der Waals surface area (Å²) < 4.78 is 14.2. The lowest BCUT2D eigenvalue weighted by atomic mass is 10.2. The molecule has 0 spiro atoms. The molecule has 17 heavy (non-hydrogen) atoms. The predicted octanol–water partition coefficient (Wildman–Crippen LogP) is 2.88. The van der Waals surface area contributed by atoms with Crippen LogP contribution in [0, 0.1) is 5.82 Å². The van der Waals surface area contributed by atoms with Gasteiger partial charge >= 0.3 is 0 Å². The number of anilines is 1. The van der Waals surface area contributed by atoms with Crippen LogP contribution in [0.5, 0.6) is 0 Å². The Morgan fingerprint density at radius 1 is 1.65 bits per heavy atom. The summed E-state index contributed by atoms with van der Waals surface area (Å²) in [7, 11) is 0. The van der Waals surface area contributed by atoms with Crippen LogP contribution in [0.4, 0.5) is 10.2 Å². The molecule has 94 valence electrons. The Morgan fingerprint density at radius 2 is 2.47 bits per heavy atom. The molecule has 0 radical (unpaired) electrons. The van der Waals surface area contributed by atoms with Gasteiger partial charge in [-0.3, -0.25) is 4.90 Å². The van der Waals surface area contributed by atoms with Gasteiger partial charge in [0.25, 0.3) is 0 Å². The third-order valence-electron chi connectivity index (χ3n) is 3.22. The molecule has 0 aromatic carbocycles. The lowest BCUT2D eigenvalue weighted by molar-refractivity contribution is 0.276. The van der Waals surface area contributed by atoms with Crippen LogP contribution in [0.3, 0.4) is 0 Å². The van der Waals surface area contributed by atoms with Crippen LogP contribution in [-0.4, -0.2) is 35.6 Å². The summed E-state index contributed by atoms with van der Waals surface area (Å²) in [6, 6.07) is 1.94. The SMILES string of the molecule is CCN1CCCC1CNc1ncc(Br)cc1F. The summed E-state index contributed by atoms with van der Waals surface area (Å²) in [6.07, 6.45) is 4.02. The number of hydrogen-bond donors (Lipinski definition) is 1. The zero-order chi connectivity index (χ0) is 12.3. The first-order valence-corrected chi connectivity index (χ1v) is 6.79. The van der Waals surface area contributed by atoms with Crippen LogP contribution in [0.1, 0.15) is 19.8 Å². The Bertz CT molecular complexity index is 386. The van der Waals surface area contributed by atoms with Crippen molar-refractivity contribution in [1.29, 1.82) is 0 Å². The van der Waals surface area contributed by atoms with E-state index in [1.807, 2.05) is 0 Å². The number of rotatable bonds is 4. The van der Waals surface area contributed by atoms with E-state index in [2.05, 4.69) is 38.1 Å². The molecule has 0 saturated carbocycles. The zero-order valence-corrected chi connectivity index (χ0v) is 11.5. The van der Waals surface area contributed by atoms with Crippen molar-refractivity contribution in [3.63, 3.8) is 0 Å². The van der Waals surface area contributed by atoms with Crippen molar-refractivity contribution in [3.8, 4) is 0 Å². The molecule has 0 bridgehead atoms. The van der Waals surface area contributed by atoms with Gasteiger partial charge in [0.15, 0.2) is 11.6 Å². The van der Waals surface area contributed by atoms with Crippen molar-refractivity contribution in [3.05, 3.63) is 22.6 Å². The number of pyridine rings is 1. The fourth-order valence-corrected chi connectivity index (χ4v) is 2.61. The molecule has 1 fully saturated rings. The van der Waals surface area contributed by atoms with Crippen molar-refractivity contribution in [2.75, 3.05) is 25.0 Å². The van der Waals surface area contributed by atoms with E-state index in [0.717, 1.165) is 19.6 Å². The third-order valence-corrected chi connectivity index (χ3v) is 3.65. The molecule has 2 rings (SSSR count). The number of aromatic nitrogens is 1. The number of nitrogens with one attached hydrogen (secondary N) is 1. The second-order valence-electron chi connectivity index (χ2n) is 4.29. The normalized spacial score (nSPS) is 20.8. The molecular weight excluding hydrogens is 285 g/mol. The van der Waals surface area contributed by atoms with Crippen molar-refractivity contribution >= 4 is 21.7 Å². The molecule has 0 aliphatic carbocycles. The molecule has 0 amide bonds. The predicted molar refractivity (Wildman–Crippen MR) is 70.7 cm³/mol. The van der Waals surface area contributed by atoms with E-state index < -0.39 is 0 Å². The fraction of sp³-hybridized carbons (Fsp3) is 0.583. The van der Waals surface area contributed by atoms with Gasteiger partial charge in [-0.15, -0.1) is 0 Å². The zero-order valence-electron chi connectivity index (χ0n) is 9.92. The summed E-state index contributed by atoms with van der Waals surface area (Å²) in [5.74, 6) is 0.0385. The van der Waals surface area contributed by atoms with E-state index in [0.29, 0.717) is 16.3 Å². The topological polar surface area (TPSA) is 28.2 Å². The number of nitrogens with zero attached hydrogens (tertiary/aromatic N) is 2. The molecule has 1 aliphatic heterocycles. The van der Waals surface area contributed by atoms with Crippen LogP contribution in [0.15, 0.2) is 16.7 Å². The number of likely N-dealkylation sites (N-methyl/N-ethyl adjacent to an activating group) is 1. The summed E-state index contributed by atoms with van der Waals surface area (Å²) in [6.45, 7) is 5.14. The highest BCUT2D eigenvalue weighted by atomic mass is 79.9. The maximum atomic E-state index is 13.5. The minimum absolute atomic E-state index is 0.305. The Kier molecular flexibility index (Phi) is 4.34. The van der Waals surface area contributed by atoms with Crippen LogP contribution in [-0.2, 0) is 0 Å². The Labute approximate surface area is 110 Å². The highest BCUT2D eigenvalue weighted by molar-refractivity contribution is 9.10. The van der Waals surface area contributed by atoms with Gasteiger partial charge in [-0.25, -0.2) is 9.37 Å². The Balaban J connectivity index is 1.93. The van der Waals surface area contributed by atoms with Gasteiger partial charge in [-0.2, -0.15) is 0 Å². The number of halogens is 2. The molecule has 1 N–H and O–H groups in total. The van der Waals surface area contributed by atoms with Crippen molar-refractivity contribution < 1.29 is 4.39 Å². The molecule has 2 heterocycles. The standard InChI is InChI=1S/C12H17BrFN3/c1-2-17-5-3-4-10(17)8-16-12-11(14)6-9(13)7-15-12/h6-7,10H,2-5,8H2,1H3,(H,15,16). The molecule has 1 aliphatic rings. The molecule has 5 heteroatoms. The first kappa shape index (κ1) is 12.8. The number of hydrogen-bond acceptors (Lipinski definition) is 3. The molecule has 1 unspecified atom stereocenters. The smallest absolute Gasteiger partial charge is 0.166 e. The summed E-state index contributed by atoms with van der Waals surface area (Å²) >= 11 is 3.20. The monoisotopic (exact) mass is 301 g/mol. The van der Waals surface area contributed by atoms with Crippen molar-refractivity contribution in [2.24, 2.45) is 0 Å². The van der Waals surface area contributed by atoms with Gasteiger partial charge in [0, 0.05) is 23.3 Å². The third kappa shape index (κ3) is 3.16. The van der Waals surface area contributed by atoms with Gasteiger partial charge in [0.1, 0.15) is 0 Å². The second-order valence-corrected chi connectivity index (χ2v) is 5.21. The van der Waals surface area contributed by atoms with Crippen LogP contribution in [0.2, 0.25) is 0 Å². The summed E-state index contributed by atoms with van der Waals surface area (Å²) in [4.78, 5) is 6.46. The highest BCUT2D eigenvalue weighted by Crippen LogP contribution is 2.19. The fourth-order valence-electron chi connectivity index (χ4n) is 2.30. The molecule has 3 nitrogen and oxygen atoms in total. The Morgan fingerprint density at radius 3 is 3.18 bits per heavy atom. The summed E-state index contributed by atoms with van der Waals surface area (Å²) in [5, 5.41) is 3.10. The first-order valence-electron chi connectivity index (χ1n) is 5.99. The maximum absolute atomic E-state index is 13.5. The van der Waals surface area contributed by atoms with Gasteiger partial charge < -0.3 is 5.32 Å². The average Bonchev–Trinajstić information content (AvgIpc) is 2.75. The van der Waals surface area contributed by atoms with Gasteiger partial charge in [-0.05, 0) is 47.9 Å². The summed E-state index contributed by atoms with van der Waals surface area (Å²) in [5.41, 5.74) is 0. The van der Waals surface area contributed by atoms with Gasteiger partial charge in [0.2, 0.25) is 0 Å². The van der Waals surface area contributed by atoms with E-state index in [1.165, 1.54) is 18.9 Å². The molecular formula is C12H17BrFN3. The van der Waals surface area contributed by atoms with Crippen molar-refractivity contribution in [2.45, 2.75) is 25.8 Å². The van der Waals surface area contributed by atoms with Crippen LogP contribution >= 0.6 is 15.9 Å². The molecule has 1 aromatic rings. The van der Waals surface area contributed by atoms with Gasteiger partial charge in [0.05, 0.1) is 0 Å². The lowest BCUT2D eigenvalue weighted by Crippen LogP contribution is -2.34. The van der Waals surface area contributed by atoms with Crippen LogP contribution in [0.25, 0.3) is 0 Å². The second kappa shape index (κ2) is 5.78. The van der Waals surface area contributed by atoms with E-state index in [4.69, 9.17) is 0 Å².